The van der Waals surface area contributed by atoms with Gasteiger partial charge in [-0.15, -0.1) is 0 Å². The minimum absolute atomic E-state index is 0.196. The molecule has 1 rings (SSSR count). The third-order valence-electron chi connectivity index (χ3n) is 2.37. The molecule has 0 spiro atoms. The second kappa shape index (κ2) is 7.89. The van der Waals surface area contributed by atoms with Crippen molar-refractivity contribution in [3.63, 3.8) is 0 Å². The number of nitrogens with two attached hydrogens (primary N) is 1. The molecule has 18 heavy (non-hydrogen) atoms. The first-order valence-electron chi connectivity index (χ1n) is 5.54. The van der Waals surface area contributed by atoms with Crippen molar-refractivity contribution in [2.24, 2.45) is 5.73 Å². The molecule has 0 amide bonds. The zero-order valence-corrected chi connectivity index (χ0v) is 11.2. The summed E-state index contributed by atoms with van der Waals surface area (Å²) in [5.41, 5.74) is 6.72. The molecule has 0 aliphatic rings. The molecule has 102 valence electrons. The number of hydrogen-bond donors (Lipinski definition) is 1. The average molecular weight is 298 g/mol. The van der Waals surface area contributed by atoms with Crippen molar-refractivity contribution in [3.8, 4) is 0 Å². The molecule has 0 aliphatic heterocycles. The van der Waals surface area contributed by atoms with E-state index in [0.717, 1.165) is 5.56 Å². The molecular formula is C12H15Cl2F2NO. The van der Waals surface area contributed by atoms with E-state index in [2.05, 4.69) is 0 Å². The summed E-state index contributed by atoms with van der Waals surface area (Å²) in [5, 5.41) is 1.19. The van der Waals surface area contributed by atoms with Gasteiger partial charge in [-0.25, -0.2) is 8.78 Å². The maximum absolute atomic E-state index is 11.8. The lowest BCUT2D eigenvalue weighted by atomic mass is 10.0. The largest absolute Gasteiger partial charge is 0.375 e. The van der Waals surface area contributed by atoms with E-state index in [-0.39, 0.29) is 12.6 Å². The Morgan fingerprint density at radius 1 is 1.28 bits per heavy atom. The molecule has 0 saturated carbocycles. The minimum Gasteiger partial charge on any atom is -0.375 e. The van der Waals surface area contributed by atoms with Crippen molar-refractivity contribution in [1.82, 2.24) is 0 Å². The molecule has 6 heteroatoms. The van der Waals surface area contributed by atoms with E-state index in [0.29, 0.717) is 22.9 Å². The van der Waals surface area contributed by atoms with E-state index in [4.69, 9.17) is 33.7 Å². The SMILES string of the molecule is NC(CCOCC(F)F)Cc1cc(Cl)ccc1Cl. The first-order chi connectivity index (χ1) is 8.49. The molecule has 1 unspecified atom stereocenters. The fourth-order valence-corrected chi connectivity index (χ4v) is 1.88. The summed E-state index contributed by atoms with van der Waals surface area (Å²) in [7, 11) is 0. The van der Waals surface area contributed by atoms with E-state index in [1.807, 2.05) is 0 Å². The van der Waals surface area contributed by atoms with Gasteiger partial charge in [0.05, 0.1) is 0 Å². The van der Waals surface area contributed by atoms with Gasteiger partial charge in [0, 0.05) is 22.7 Å². The average Bonchev–Trinajstić information content (AvgIpc) is 2.29. The highest BCUT2D eigenvalue weighted by molar-refractivity contribution is 6.33. The Bertz CT molecular complexity index is 377. The lowest BCUT2D eigenvalue weighted by molar-refractivity contribution is 0.0153. The Kier molecular flexibility index (Phi) is 6.86. The van der Waals surface area contributed by atoms with Crippen LogP contribution in [0.5, 0.6) is 0 Å². The van der Waals surface area contributed by atoms with Crippen molar-refractivity contribution in [3.05, 3.63) is 33.8 Å². The second-order valence-electron chi connectivity index (χ2n) is 3.95. The topological polar surface area (TPSA) is 35.2 Å². The number of halogens is 4. The fourth-order valence-electron chi connectivity index (χ4n) is 1.49. The summed E-state index contributed by atoms with van der Waals surface area (Å²) in [6.07, 6.45) is -1.41. The molecule has 0 radical (unpaired) electrons. The van der Waals surface area contributed by atoms with Crippen LogP contribution in [0.15, 0.2) is 18.2 Å². The molecule has 0 fully saturated rings. The van der Waals surface area contributed by atoms with Crippen LogP contribution in [-0.4, -0.2) is 25.7 Å². The lowest BCUT2D eigenvalue weighted by Crippen LogP contribution is -2.25. The van der Waals surface area contributed by atoms with Crippen LogP contribution in [0.1, 0.15) is 12.0 Å². The van der Waals surface area contributed by atoms with Crippen LogP contribution in [0.2, 0.25) is 10.0 Å². The highest BCUT2D eigenvalue weighted by atomic mass is 35.5. The summed E-state index contributed by atoms with van der Waals surface area (Å²) in [6.45, 7) is -0.339. The highest BCUT2D eigenvalue weighted by Gasteiger charge is 2.09. The van der Waals surface area contributed by atoms with Crippen LogP contribution in [0.4, 0.5) is 8.78 Å². The Morgan fingerprint density at radius 2 is 2.00 bits per heavy atom. The summed E-state index contributed by atoms with van der Waals surface area (Å²) in [6, 6.07) is 4.96. The molecule has 1 aromatic rings. The number of benzene rings is 1. The standard InChI is InChI=1S/C12H15Cl2F2NO/c13-9-1-2-11(14)8(5-9)6-10(17)3-4-18-7-12(15)16/h1-2,5,10,12H,3-4,6-7,17H2. The molecular weight excluding hydrogens is 283 g/mol. The molecule has 0 saturated heterocycles. The first-order valence-corrected chi connectivity index (χ1v) is 6.30. The van der Waals surface area contributed by atoms with E-state index < -0.39 is 13.0 Å². The Morgan fingerprint density at radius 3 is 2.67 bits per heavy atom. The van der Waals surface area contributed by atoms with Crippen molar-refractivity contribution >= 4 is 23.2 Å². The van der Waals surface area contributed by atoms with E-state index in [9.17, 15) is 8.78 Å². The van der Waals surface area contributed by atoms with E-state index in [1.165, 1.54) is 0 Å². The number of ether oxygens (including phenoxy) is 1. The maximum atomic E-state index is 11.8. The number of rotatable bonds is 7. The third kappa shape index (κ3) is 5.96. The van der Waals surface area contributed by atoms with Gasteiger partial charge < -0.3 is 10.5 Å². The zero-order valence-electron chi connectivity index (χ0n) is 9.71. The van der Waals surface area contributed by atoms with Crippen LogP contribution in [-0.2, 0) is 11.2 Å². The summed E-state index contributed by atoms with van der Waals surface area (Å²) >= 11 is 11.9. The van der Waals surface area contributed by atoms with Crippen LogP contribution >= 0.6 is 23.2 Å². The van der Waals surface area contributed by atoms with Gasteiger partial charge in [0.2, 0.25) is 0 Å². The van der Waals surface area contributed by atoms with Crippen LogP contribution in [0.3, 0.4) is 0 Å². The van der Waals surface area contributed by atoms with Gasteiger partial charge in [-0.2, -0.15) is 0 Å². The van der Waals surface area contributed by atoms with E-state index >= 15 is 0 Å². The quantitative estimate of drug-likeness (QED) is 0.782. The van der Waals surface area contributed by atoms with Gasteiger partial charge >= 0.3 is 0 Å². The van der Waals surface area contributed by atoms with Gasteiger partial charge in [0.15, 0.2) is 0 Å². The highest BCUT2D eigenvalue weighted by Crippen LogP contribution is 2.22. The zero-order chi connectivity index (χ0) is 13.5. The van der Waals surface area contributed by atoms with Crippen molar-refractivity contribution in [1.29, 1.82) is 0 Å². The van der Waals surface area contributed by atoms with Crippen LogP contribution < -0.4 is 5.73 Å². The molecule has 0 heterocycles. The Hall–Kier alpha value is -0.420. The first kappa shape index (κ1) is 15.6. The molecule has 2 nitrogen and oxygen atoms in total. The van der Waals surface area contributed by atoms with E-state index in [1.54, 1.807) is 18.2 Å². The van der Waals surface area contributed by atoms with Crippen LogP contribution in [0, 0.1) is 0 Å². The normalized spacial score (nSPS) is 13.0. The molecule has 0 bridgehead atoms. The molecule has 1 atom stereocenters. The third-order valence-corrected chi connectivity index (χ3v) is 2.97. The van der Waals surface area contributed by atoms with Gasteiger partial charge in [0.1, 0.15) is 6.61 Å². The lowest BCUT2D eigenvalue weighted by Gasteiger charge is -2.13. The maximum Gasteiger partial charge on any atom is 0.261 e. The smallest absolute Gasteiger partial charge is 0.261 e. The van der Waals surface area contributed by atoms with Gasteiger partial charge in [-0.1, -0.05) is 23.2 Å². The molecule has 1 aromatic carbocycles. The van der Waals surface area contributed by atoms with Crippen LogP contribution in [0.25, 0.3) is 0 Å². The van der Waals surface area contributed by atoms with Gasteiger partial charge in [0.25, 0.3) is 6.43 Å². The Balaban J connectivity index is 2.35. The predicted molar refractivity (Wildman–Crippen MR) is 69.6 cm³/mol. The summed E-state index contributed by atoms with van der Waals surface area (Å²) < 4.78 is 28.4. The Labute approximate surface area is 115 Å². The summed E-state index contributed by atoms with van der Waals surface area (Å²) in [4.78, 5) is 0. The fraction of sp³-hybridized carbons (Fsp3) is 0.500. The number of alkyl halides is 2. The molecule has 0 aliphatic carbocycles. The minimum atomic E-state index is -2.44. The monoisotopic (exact) mass is 297 g/mol. The van der Waals surface area contributed by atoms with Gasteiger partial charge in [-0.05, 0) is 36.6 Å². The molecule has 2 N–H and O–H groups in total. The van der Waals surface area contributed by atoms with Crippen molar-refractivity contribution in [2.45, 2.75) is 25.3 Å². The molecule has 0 aromatic heterocycles. The summed E-state index contributed by atoms with van der Waals surface area (Å²) in [5.74, 6) is 0. The predicted octanol–water partition coefficient (Wildman–Crippen LogP) is 3.54. The van der Waals surface area contributed by atoms with Gasteiger partial charge in [-0.3, -0.25) is 0 Å². The number of hydrogen-bond acceptors (Lipinski definition) is 2. The van der Waals surface area contributed by atoms with Crippen molar-refractivity contribution < 1.29 is 13.5 Å². The second-order valence-corrected chi connectivity index (χ2v) is 4.80. The van der Waals surface area contributed by atoms with Crippen molar-refractivity contribution in [2.75, 3.05) is 13.2 Å².